The first kappa shape index (κ1) is 8.64. The van der Waals surface area contributed by atoms with Crippen molar-refractivity contribution in [3.8, 4) is 11.8 Å². The Morgan fingerprint density at radius 3 is 2.10 bits per heavy atom. The third kappa shape index (κ3) is 3.62. The fourth-order valence-electron chi connectivity index (χ4n) is 0.393. The zero-order valence-corrected chi connectivity index (χ0v) is 5.96. The molecule has 54 valence electrons. The lowest BCUT2D eigenvalue weighted by atomic mass is 10.6. The Morgan fingerprint density at radius 2 is 1.80 bits per heavy atom. The molecular weight excluding hydrogens is 128 g/mol. The molecule has 0 atom stereocenters. The van der Waals surface area contributed by atoms with E-state index in [0.717, 1.165) is 0 Å². The second-order valence-corrected chi connectivity index (χ2v) is 1.33. The first-order valence-corrected chi connectivity index (χ1v) is 2.80. The molecule has 10 heavy (non-hydrogen) atoms. The van der Waals surface area contributed by atoms with Crippen molar-refractivity contribution in [2.45, 2.75) is 13.2 Å². The monoisotopic (exact) mass is 138 g/mol. The average Bonchev–Trinajstić information content (AvgIpc) is 1.90. The second kappa shape index (κ2) is 5.77. The Hall–Kier alpha value is -1.36. The minimum atomic E-state index is -0.569. The Morgan fingerprint density at radius 1 is 1.30 bits per heavy atom. The van der Waals surface area contributed by atoms with Crippen LogP contribution < -0.4 is 0 Å². The molecule has 0 aliphatic carbocycles. The molecule has 2 heteroatoms. The lowest BCUT2D eigenvalue weighted by Crippen LogP contribution is -2.07. The quantitative estimate of drug-likeness (QED) is 0.334. The minimum Gasteiger partial charge on any atom is -0.453 e. The Labute approximate surface area is 61.1 Å². The van der Waals surface area contributed by atoms with Gasteiger partial charge in [0.25, 0.3) is 0 Å². The van der Waals surface area contributed by atoms with E-state index in [9.17, 15) is 0 Å². The summed E-state index contributed by atoms with van der Waals surface area (Å²) in [6.07, 6.45) is 1.98. The van der Waals surface area contributed by atoms with Crippen molar-refractivity contribution in [2.75, 3.05) is 0 Å². The van der Waals surface area contributed by atoms with E-state index in [1.54, 1.807) is 6.92 Å². The van der Waals surface area contributed by atoms with Crippen molar-refractivity contribution in [1.82, 2.24) is 0 Å². The molecule has 0 saturated carbocycles. The molecule has 0 fully saturated rings. The molecule has 0 saturated heterocycles. The maximum Gasteiger partial charge on any atom is 0.304 e. The van der Waals surface area contributed by atoms with Crippen LogP contribution in [0.1, 0.15) is 6.92 Å². The minimum absolute atomic E-state index is 0.569. The second-order valence-electron chi connectivity index (χ2n) is 1.33. The van der Waals surface area contributed by atoms with Crippen LogP contribution >= 0.6 is 0 Å². The highest BCUT2D eigenvalue weighted by Crippen LogP contribution is 1.92. The standard InChI is InChI=1S/C8H10O2/c1-4-7-8(9-5-2)10-6-3/h5-6,8H,2-3H2,1H3. The fourth-order valence-corrected chi connectivity index (χ4v) is 0.393. The van der Waals surface area contributed by atoms with Gasteiger partial charge in [-0.15, -0.1) is 0 Å². The summed E-state index contributed by atoms with van der Waals surface area (Å²) in [4.78, 5) is 0. The van der Waals surface area contributed by atoms with Crippen LogP contribution in [0, 0.1) is 11.8 Å². The summed E-state index contributed by atoms with van der Waals surface area (Å²) in [7, 11) is 0. The van der Waals surface area contributed by atoms with Crippen LogP contribution in [0.4, 0.5) is 0 Å². The summed E-state index contributed by atoms with van der Waals surface area (Å²) in [6.45, 7) is 8.42. The van der Waals surface area contributed by atoms with Crippen LogP contribution in [0.5, 0.6) is 0 Å². The first-order valence-electron chi connectivity index (χ1n) is 2.80. The van der Waals surface area contributed by atoms with E-state index < -0.39 is 6.29 Å². The lowest BCUT2D eigenvalue weighted by Gasteiger charge is -2.07. The van der Waals surface area contributed by atoms with Gasteiger partial charge in [-0.1, -0.05) is 19.1 Å². The van der Waals surface area contributed by atoms with Crippen LogP contribution in [0.2, 0.25) is 0 Å². The Balaban J connectivity index is 3.78. The van der Waals surface area contributed by atoms with E-state index in [0.29, 0.717) is 0 Å². The SMILES string of the molecule is C=COC(C#CC)OC=C. The molecule has 0 rings (SSSR count). The third-order valence-corrected chi connectivity index (χ3v) is 0.702. The molecule has 0 aliphatic rings. The maximum absolute atomic E-state index is 4.82. The van der Waals surface area contributed by atoms with Crippen molar-refractivity contribution in [1.29, 1.82) is 0 Å². The highest BCUT2D eigenvalue weighted by atomic mass is 16.7. The van der Waals surface area contributed by atoms with Gasteiger partial charge in [0, 0.05) is 0 Å². The van der Waals surface area contributed by atoms with E-state index >= 15 is 0 Å². The topological polar surface area (TPSA) is 18.5 Å². The number of hydrogen-bond acceptors (Lipinski definition) is 2. The van der Waals surface area contributed by atoms with Gasteiger partial charge in [-0.3, -0.25) is 0 Å². The molecule has 0 unspecified atom stereocenters. The predicted octanol–water partition coefficient (Wildman–Crippen LogP) is 1.66. The van der Waals surface area contributed by atoms with Crippen molar-refractivity contribution in [3.05, 3.63) is 25.7 Å². The van der Waals surface area contributed by atoms with Crippen LogP contribution in [0.25, 0.3) is 0 Å². The Bertz CT molecular complexity index is 152. The summed E-state index contributed by atoms with van der Waals surface area (Å²) in [5.41, 5.74) is 0. The van der Waals surface area contributed by atoms with Crippen LogP contribution in [-0.4, -0.2) is 6.29 Å². The first-order chi connectivity index (χ1) is 4.85. The molecule has 0 heterocycles. The van der Waals surface area contributed by atoms with Gasteiger partial charge in [-0.05, 0) is 12.8 Å². The zero-order valence-electron chi connectivity index (χ0n) is 5.96. The van der Waals surface area contributed by atoms with Crippen LogP contribution in [0.3, 0.4) is 0 Å². The van der Waals surface area contributed by atoms with Gasteiger partial charge >= 0.3 is 6.29 Å². The lowest BCUT2D eigenvalue weighted by molar-refractivity contribution is -0.0145. The van der Waals surface area contributed by atoms with Gasteiger partial charge in [-0.25, -0.2) is 0 Å². The Kier molecular flexibility index (Phi) is 4.99. The van der Waals surface area contributed by atoms with Crippen molar-refractivity contribution < 1.29 is 9.47 Å². The van der Waals surface area contributed by atoms with Gasteiger partial charge in [0.2, 0.25) is 0 Å². The number of rotatable bonds is 4. The molecule has 0 spiro atoms. The summed E-state index contributed by atoms with van der Waals surface area (Å²) < 4.78 is 9.64. The zero-order chi connectivity index (χ0) is 7.82. The van der Waals surface area contributed by atoms with Gasteiger partial charge in [0.15, 0.2) is 0 Å². The summed E-state index contributed by atoms with van der Waals surface area (Å²) >= 11 is 0. The normalized spacial score (nSPS) is 7.40. The van der Waals surface area contributed by atoms with Gasteiger partial charge in [-0.2, -0.15) is 0 Å². The summed E-state index contributed by atoms with van der Waals surface area (Å²) in [5.74, 6) is 5.29. The summed E-state index contributed by atoms with van der Waals surface area (Å²) in [5, 5.41) is 0. The van der Waals surface area contributed by atoms with Gasteiger partial charge < -0.3 is 9.47 Å². The third-order valence-electron chi connectivity index (χ3n) is 0.702. The van der Waals surface area contributed by atoms with E-state index in [2.05, 4.69) is 25.0 Å². The van der Waals surface area contributed by atoms with Crippen molar-refractivity contribution in [3.63, 3.8) is 0 Å². The van der Waals surface area contributed by atoms with Crippen LogP contribution in [-0.2, 0) is 9.47 Å². The van der Waals surface area contributed by atoms with E-state index in [-0.39, 0.29) is 0 Å². The molecule has 0 radical (unpaired) electrons. The molecule has 0 bridgehead atoms. The number of hydrogen-bond donors (Lipinski definition) is 0. The molecule has 0 aromatic carbocycles. The average molecular weight is 138 g/mol. The maximum atomic E-state index is 4.82. The van der Waals surface area contributed by atoms with Crippen LogP contribution in [0.15, 0.2) is 25.7 Å². The predicted molar refractivity (Wildman–Crippen MR) is 39.8 cm³/mol. The highest BCUT2D eigenvalue weighted by molar-refractivity contribution is 4.99. The molecule has 0 N–H and O–H groups in total. The molecule has 2 nitrogen and oxygen atoms in total. The summed E-state index contributed by atoms with van der Waals surface area (Å²) in [6, 6.07) is 0. The highest BCUT2D eigenvalue weighted by Gasteiger charge is 1.97. The van der Waals surface area contributed by atoms with E-state index in [4.69, 9.17) is 9.47 Å². The van der Waals surface area contributed by atoms with Gasteiger partial charge in [0.1, 0.15) is 0 Å². The van der Waals surface area contributed by atoms with E-state index in [1.807, 2.05) is 0 Å². The molecular formula is C8H10O2. The fraction of sp³-hybridized carbons (Fsp3) is 0.250. The van der Waals surface area contributed by atoms with E-state index in [1.165, 1.54) is 12.5 Å². The molecule has 0 aromatic rings. The smallest absolute Gasteiger partial charge is 0.304 e. The molecule has 0 amide bonds. The van der Waals surface area contributed by atoms with Gasteiger partial charge in [0.05, 0.1) is 12.5 Å². The van der Waals surface area contributed by atoms with Crippen molar-refractivity contribution >= 4 is 0 Å². The molecule has 0 aliphatic heterocycles. The number of ether oxygens (including phenoxy) is 2. The van der Waals surface area contributed by atoms with Crippen molar-refractivity contribution in [2.24, 2.45) is 0 Å². The largest absolute Gasteiger partial charge is 0.453 e. The molecule has 0 aromatic heterocycles.